The lowest BCUT2D eigenvalue weighted by Gasteiger charge is -2.38. The fraction of sp³-hybridized carbons (Fsp3) is 0.195. The van der Waals surface area contributed by atoms with Gasteiger partial charge < -0.3 is 9.80 Å². The third-order valence-electron chi connectivity index (χ3n) is 9.13. The molecule has 48 heavy (non-hydrogen) atoms. The van der Waals surface area contributed by atoms with Gasteiger partial charge in [-0.3, -0.25) is 4.79 Å². The molecule has 2 aromatic carbocycles. The maximum atomic E-state index is 14.4. The molecule has 4 aliphatic rings. The Kier molecular flexibility index (Phi) is 9.90. The van der Waals surface area contributed by atoms with Crippen molar-refractivity contribution in [2.24, 2.45) is 0 Å². The number of hydrogen-bond donors (Lipinski definition) is 1. The van der Waals surface area contributed by atoms with Gasteiger partial charge in [0.1, 0.15) is 0 Å². The number of nitrogens with zero attached hydrogens (tertiary/aromatic N) is 2. The van der Waals surface area contributed by atoms with Crippen molar-refractivity contribution in [3.8, 4) is 0 Å². The Balaban J connectivity index is 1.44. The van der Waals surface area contributed by atoms with E-state index in [2.05, 4.69) is 47.2 Å². The van der Waals surface area contributed by atoms with Crippen molar-refractivity contribution < 1.29 is 13.2 Å². The first kappa shape index (κ1) is 33.3. The zero-order valence-corrected chi connectivity index (χ0v) is 29.1. The Hall–Kier alpha value is -4.59. The van der Waals surface area contributed by atoms with Gasteiger partial charge in [0.15, 0.2) is 5.78 Å². The van der Waals surface area contributed by atoms with Crippen molar-refractivity contribution in [2.75, 3.05) is 17.2 Å². The van der Waals surface area contributed by atoms with E-state index in [1.54, 1.807) is 18.2 Å². The van der Waals surface area contributed by atoms with Crippen LogP contribution < -0.4 is 4.90 Å². The molecular weight excluding hydrogens is 633 g/mol. The van der Waals surface area contributed by atoms with Gasteiger partial charge in [-0.05, 0) is 86.2 Å². The molecule has 3 heterocycles. The minimum atomic E-state index is -4.00. The summed E-state index contributed by atoms with van der Waals surface area (Å²) in [6, 6.07) is 13.6. The summed E-state index contributed by atoms with van der Waals surface area (Å²) in [7, 11) is -4.00. The second-order valence-corrected chi connectivity index (χ2v) is 14.3. The molecule has 0 saturated heterocycles. The molecule has 1 unspecified atom stereocenters. The largest absolute Gasteiger partial charge is 0.341 e. The third-order valence-corrected chi connectivity index (χ3v) is 11.2. The number of sulfone groups is 1. The highest BCUT2D eigenvalue weighted by Crippen LogP contribution is 2.43. The van der Waals surface area contributed by atoms with Crippen molar-refractivity contribution in [1.82, 2.24) is 4.90 Å². The molecule has 7 heteroatoms. The lowest BCUT2D eigenvalue weighted by molar-refractivity contribution is 0.102. The van der Waals surface area contributed by atoms with Crippen LogP contribution in [-0.4, -0.2) is 37.4 Å². The number of para-hydroxylation sites is 1. The third kappa shape index (κ3) is 6.32. The van der Waals surface area contributed by atoms with Crippen LogP contribution in [0.2, 0.25) is 0 Å². The Bertz CT molecular complexity index is 2050. The van der Waals surface area contributed by atoms with Gasteiger partial charge in [-0.1, -0.05) is 91.6 Å². The minimum Gasteiger partial charge on any atom is -0.341 e. The zero-order chi connectivity index (χ0) is 33.8. The molecule has 0 N–H and O–H groups in total. The van der Waals surface area contributed by atoms with Crippen molar-refractivity contribution in [1.29, 1.82) is 0 Å². The standard InChI is InChI=1S/C41H40N2O3S2/c1-4-5-7-16-32-22-21-31-15-9-10-20-38(31)43(32)34-23-24-39-37(27-34)41(44)36-18-12-17-33(28-40(36)48(39,45)46)42-25-11-6-8-14-29(2)35(30(42)3)19-13-26-47/h4-17,19-20,23-24,27-28,32,47H,2,18,21-22,25-26H2,1,3H3/b5-4-,11-6-,14-8-,16-7-,19-13-,35-30-. The van der Waals surface area contributed by atoms with Crippen LogP contribution in [0.4, 0.5) is 11.4 Å². The Morgan fingerprint density at radius 1 is 1.06 bits per heavy atom. The van der Waals surface area contributed by atoms with E-state index in [4.69, 9.17) is 0 Å². The van der Waals surface area contributed by atoms with Crippen LogP contribution in [0.25, 0.3) is 0 Å². The van der Waals surface area contributed by atoms with Gasteiger partial charge >= 0.3 is 0 Å². The highest BCUT2D eigenvalue weighted by molar-refractivity contribution is 7.95. The number of rotatable bonds is 6. The van der Waals surface area contributed by atoms with E-state index in [9.17, 15) is 13.2 Å². The molecule has 2 aromatic rings. The summed E-state index contributed by atoms with van der Waals surface area (Å²) in [5.41, 5.74) is 6.96. The molecular formula is C41H40N2O3S2. The molecule has 6 rings (SSSR count). The normalized spacial score (nSPS) is 23.8. The average molecular weight is 673 g/mol. The summed E-state index contributed by atoms with van der Waals surface area (Å²) >= 11 is 4.34. The van der Waals surface area contributed by atoms with Crippen molar-refractivity contribution in [3.63, 3.8) is 0 Å². The smallest absolute Gasteiger partial charge is 0.207 e. The van der Waals surface area contributed by atoms with E-state index < -0.39 is 9.84 Å². The van der Waals surface area contributed by atoms with Crippen LogP contribution >= 0.6 is 12.6 Å². The quantitative estimate of drug-likeness (QED) is 0.245. The molecule has 5 nitrogen and oxygen atoms in total. The Morgan fingerprint density at radius 2 is 1.90 bits per heavy atom. The first-order valence-electron chi connectivity index (χ1n) is 16.3. The van der Waals surface area contributed by atoms with Crippen molar-refractivity contribution in [3.05, 3.63) is 172 Å². The van der Waals surface area contributed by atoms with E-state index in [1.165, 1.54) is 5.56 Å². The molecule has 0 saturated carbocycles. The number of Topliss-reactive ketones (excluding diaryl/α,β-unsaturated/α-hetero) is 1. The number of carbonyl (C=O) groups is 1. The van der Waals surface area contributed by atoms with Gasteiger partial charge in [-0.25, -0.2) is 8.42 Å². The fourth-order valence-corrected chi connectivity index (χ4v) is 8.55. The van der Waals surface area contributed by atoms with Gasteiger partial charge in [0.25, 0.3) is 0 Å². The highest BCUT2D eigenvalue weighted by Gasteiger charge is 2.38. The molecule has 0 bridgehead atoms. The summed E-state index contributed by atoms with van der Waals surface area (Å²) in [6.07, 6.45) is 27.6. The zero-order valence-electron chi connectivity index (χ0n) is 27.3. The number of aryl methyl sites for hydroxylation is 1. The van der Waals surface area contributed by atoms with Gasteiger partial charge in [-0.15, -0.1) is 0 Å². The summed E-state index contributed by atoms with van der Waals surface area (Å²) in [5, 5.41) is 0. The van der Waals surface area contributed by atoms with Crippen LogP contribution in [0.1, 0.15) is 42.6 Å². The van der Waals surface area contributed by atoms with Crippen LogP contribution in [-0.2, 0) is 16.3 Å². The fourth-order valence-electron chi connectivity index (χ4n) is 6.74. The molecule has 244 valence electrons. The van der Waals surface area contributed by atoms with Crippen LogP contribution in [0.5, 0.6) is 0 Å². The van der Waals surface area contributed by atoms with Gasteiger partial charge in [0, 0.05) is 46.2 Å². The molecule has 0 spiro atoms. The van der Waals surface area contributed by atoms with E-state index in [1.807, 2.05) is 98.9 Å². The molecule has 0 fully saturated rings. The Morgan fingerprint density at radius 3 is 2.71 bits per heavy atom. The number of fused-ring (bicyclic) bond motifs is 2. The summed E-state index contributed by atoms with van der Waals surface area (Å²) in [4.78, 5) is 18.7. The maximum Gasteiger partial charge on any atom is 0.207 e. The summed E-state index contributed by atoms with van der Waals surface area (Å²) in [6.45, 7) is 8.76. The summed E-state index contributed by atoms with van der Waals surface area (Å²) < 4.78 is 28.8. The number of allylic oxidation sites excluding steroid dienone is 14. The predicted octanol–water partition coefficient (Wildman–Crippen LogP) is 9.08. The molecule has 1 aliphatic carbocycles. The van der Waals surface area contributed by atoms with Crippen molar-refractivity contribution >= 4 is 39.6 Å². The van der Waals surface area contributed by atoms with Gasteiger partial charge in [0.2, 0.25) is 9.84 Å². The second kappa shape index (κ2) is 14.3. The molecule has 3 aliphatic heterocycles. The van der Waals surface area contributed by atoms with Crippen LogP contribution in [0, 0.1) is 0 Å². The first-order valence-corrected chi connectivity index (χ1v) is 18.4. The molecule has 0 amide bonds. The minimum absolute atomic E-state index is 0.0467. The van der Waals surface area contributed by atoms with Gasteiger partial charge in [-0.2, -0.15) is 12.6 Å². The van der Waals surface area contributed by atoms with Gasteiger partial charge in [0.05, 0.1) is 15.8 Å². The number of carbonyl (C=O) groups excluding carboxylic acids is 1. The SMILES string of the molecule is C=C1/C=C\C=C/CN(C2=CC3=C(CC=C2)C(=O)c2cc(N4c5ccccc5CCC4/C=C\C=C/C)ccc2S3(=O)=O)/C(C)=C1/C=C\CS. The monoisotopic (exact) mass is 672 g/mol. The van der Waals surface area contributed by atoms with Crippen molar-refractivity contribution in [2.45, 2.75) is 44.0 Å². The van der Waals surface area contributed by atoms with E-state index in [-0.39, 0.29) is 39.2 Å². The highest BCUT2D eigenvalue weighted by atomic mass is 32.2. The first-order chi connectivity index (χ1) is 23.3. The van der Waals surface area contributed by atoms with Crippen LogP contribution in [0.3, 0.4) is 0 Å². The Labute approximate surface area is 290 Å². The predicted molar refractivity (Wildman–Crippen MR) is 201 cm³/mol. The molecule has 0 aromatic heterocycles. The number of anilines is 2. The molecule has 0 radical (unpaired) electrons. The number of ketones is 1. The van der Waals surface area contributed by atoms with E-state index >= 15 is 0 Å². The van der Waals surface area contributed by atoms with E-state index in [0.717, 1.165) is 41.1 Å². The topological polar surface area (TPSA) is 57.7 Å². The lowest BCUT2D eigenvalue weighted by atomic mass is 9.93. The second-order valence-electron chi connectivity index (χ2n) is 12.1. The molecule has 1 atom stereocenters. The van der Waals surface area contributed by atoms with E-state index in [0.29, 0.717) is 18.0 Å². The summed E-state index contributed by atoms with van der Waals surface area (Å²) in [5.74, 6) is 0.321. The van der Waals surface area contributed by atoms with Crippen LogP contribution in [0.15, 0.2) is 166 Å². The average Bonchev–Trinajstić information content (AvgIpc) is 3.29. The number of benzene rings is 2. The number of thiol groups is 1. The lowest BCUT2D eigenvalue weighted by Crippen LogP contribution is -2.34. The number of hydrogen-bond acceptors (Lipinski definition) is 6. The maximum absolute atomic E-state index is 14.4.